The van der Waals surface area contributed by atoms with Crippen molar-refractivity contribution in [2.24, 2.45) is 0 Å². The lowest BCUT2D eigenvalue weighted by Gasteiger charge is -2.22. The molecule has 0 aliphatic rings. The van der Waals surface area contributed by atoms with Crippen molar-refractivity contribution >= 4 is 19.5 Å². The van der Waals surface area contributed by atoms with E-state index in [4.69, 9.17) is 0 Å². The van der Waals surface area contributed by atoms with E-state index in [2.05, 4.69) is 20.1 Å². The molecule has 1 nitrogen and oxygen atoms in total. The molecule has 0 bridgehead atoms. The molecule has 0 unspecified atom stereocenters. The van der Waals surface area contributed by atoms with Crippen LogP contribution < -0.4 is 5.19 Å². The summed E-state index contributed by atoms with van der Waals surface area (Å²) in [4.78, 5) is 10.5. The Hall–Kier alpha value is -1.41. The molecule has 0 heterocycles. The summed E-state index contributed by atoms with van der Waals surface area (Å²) in [6, 6.07) is 8.80. The van der Waals surface area contributed by atoms with Gasteiger partial charge >= 0.3 is 0 Å². The first kappa shape index (κ1) is 11.7. The van der Waals surface area contributed by atoms with Crippen molar-refractivity contribution in [2.45, 2.75) is 13.0 Å². The van der Waals surface area contributed by atoms with Crippen LogP contribution in [0.5, 0.6) is 0 Å². The third-order valence-corrected chi connectivity index (χ3v) is 6.93. The number of carbonyl (C=O) groups excluding carboxylic acids is 1. The quantitative estimate of drug-likeness (QED) is 0.546. The lowest BCUT2D eigenvalue weighted by molar-refractivity contribution is 0.112. The van der Waals surface area contributed by atoms with Crippen molar-refractivity contribution in [3.8, 4) is 0 Å². The minimum absolute atomic E-state index is 0.714. The molecule has 0 atom stereocenters. The number of benzene rings is 1. The molecule has 0 aliphatic carbocycles. The maximum absolute atomic E-state index is 10.5. The molecule has 0 aliphatic heterocycles. The van der Waals surface area contributed by atoms with Gasteiger partial charge in [0, 0.05) is 5.56 Å². The molecule has 2 heteroatoms. The van der Waals surface area contributed by atoms with E-state index in [1.54, 1.807) is 0 Å². The molecule has 0 saturated carbocycles. The average molecular weight is 216 g/mol. The minimum Gasteiger partial charge on any atom is -0.298 e. The summed E-state index contributed by atoms with van der Waals surface area (Å²) in [5.41, 5.74) is 4.79. The van der Waals surface area contributed by atoms with Crippen LogP contribution in [-0.2, 0) is 0 Å². The van der Waals surface area contributed by atoms with Gasteiger partial charge < -0.3 is 0 Å². The van der Waals surface area contributed by atoms with E-state index in [-0.39, 0.29) is 0 Å². The molecule has 1 rings (SSSR count). The van der Waals surface area contributed by atoms with Crippen molar-refractivity contribution in [3.63, 3.8) is 0 Å². The fraction of sp³-hybridized carbons (Fsp3) is 0.154. The van der Waals surface area contributed by atoms with Crippen LogP contribution in [0.15, 0.2) is 48.8 Å². The van der Waals surface area contributed by atoms with Crippen molar-refractivity contribution in [2.75, 3.05) is 0 Å². The van der Waals surface area contributed by atoms with Crippen molar-refractivity contribution < 1.29 is 4.79 Å². The lowest BCUT2D eigenvalue weighted by Crippen LogP contribution is -2.43. The predicted molar refractivity (Wildman–Crippen MR) is 68.1 cm³/mol. The maximum atomic E-state index is 10.5. The van der Waals surface area contributed by atoms with Crippen molar-refractivity contribution in [1.82, 2.24) is 0 Å². The van der Waals surface area contributed by atoms with Crippen LogP contribution in [0.4, 0.5) is 0 Å². The van der Waals surface area contributed by atoms with Crippen molar-refractivity contribution in [3.05, 3.63) is 54.4 Å². The third kappa shape index (κ3) is 2.15. The number of hydrogen-bond acceptors (Lipinski definition) is 1. The van der Waals surface area contributed by atoms with Gasteiger partial charge in [-0.15, -0.1) is 13.2 Å². The predicted octanol–water partition coefficient (Wildman–Crippen LogP) is 2.63. The van der Waals surface area contributed by atoms with Gasteiger partial charge in [-0.05, 0) is 6.04 Å². The van der Waals surface area contributed by atoms with Crippen LogP contribution in [0.1, 0.15) is 17.3 Å². The van der Waals surface area contributed by atoms with Gasteiger partial charge in [0.25, 0.3) is 0 Å². The first-order valence-corrected chi connectivity index (χ1v) is 7.41. The summed E-state index contributed by atoms with van der Waals surface area (Å²) < 4.78 is 0. The fourth-order valence-electron chi connectivity index (χ4n) is 1.68. The topological polar surface area (TPSA) is 17.1 Å². The summed E-state index contributed by atoms with van der Waals surface area (Å²) in [6.07, 6.45) is 0.862. The summed E-state index contributed by atoms with van der Waals surface area (Å²) in [6.45, 7) is 9.99. The molecule has 0 aromatic heterocycles. The van der Waals surface area contributed by atoms with Crippen LogP contribution in [0, 0.1) is 0 Å². The van der Waals surface area contributed by atoms with Gasteiger partial charge in [-0.2, -0.15) is 0 Å². The van der Waals surface area contributed by atoms with E-state index in [9.17, 15) is 4.79 Å². The standard InChI is InChI=1S/C13H16OSi/c1-4-15(5-2,6-3)13-9-7-12(11-14)8-10-13/h4-5,7-11H,1-2,6H2,3H3. The minimum atomic E-state index is -1.72. The van der Waals surface area contributed by atoms with E-state index in [0.717, 1.165) is 12.3 Å². The number of carbonyl (C=O) groups is 1. The molecule has 0 radical (unpaired) electrons. The van der Waals surface area contributed by atoms with Crippen LogP contribution >= 0.6 is 0 Å². The van der Waals surface area contributed by atoms with Crippen molar-refractivity contribution in [1.29, 1.82) is 0 Å². The monoisotopic (exact) mass is 216 g/mol. The van der Waals surface area contributed by atoms with E-state index in [1.807, 2.05) is 35.7 Å². The Labute approximate surface area is 92.1 Å². The summed E-state index contributed by atoms with van der Waals surface area (Å²) >= 11 is 0. The fourth-order valence-corrected chi connectivity index (χ4v) is 4.09. The second kappa shape index (κ2) is 4.89. The zero-order valence-electron chi connectivity index (χ0n) is 9.07. The molecule has 1 aromatic carbocycles. The molecule has 0 spiro atoms. The van der Waals surface area contributed by atoms with E-state index in [0.29, 0.717) is 5.56 Å². The van der Waals surface area contributed by atoms with Crippen LogP contribution in [0.2, 0.25) is 6.04 Å². The second-order valence-corrected chi connectivity index (χ2v) is 7.72. The van der Waals surface area contributed by atoms with Gasteiger partial charge in [0.05, 0.1) is 0 Å². The van der Waals surface area contributed by atoms with Crippen LogP contribution in [0.3, 0.4) is 0 Å². The van der Waals surface area contributed by atoms with Gasteiger partial charge in [-0.1, -0.05) is 47.8 Å². The summed E-state index contributed by atoms with van der Waals surface area (Å²) in [5.74, 6) is 0. The highest BCUT2D eigenvalue weighted by molar-refractivity contribution is 6.99. The zero-order valence-corrected chi connectivity index (χ0v) is 10.1. The number of hydrogen-bond donors (Lipinski definition) is 0. The Morgan fingerprint density at radius 2 is 1.73 bits per heavy atom. The Morgan fingerprint density at radius 3 is 2.07 bits per heavy atom. The zero-order chi connectivity index (χ0) is 11.3. The highest BCUT2D eigenvalue weighted by Gasteiger charge is 2.25. The molecular weight excluding hydrogens is 200 g/mol. The van der Waals surface area contributed by atoms with Gasteiger partial charge in [0.2, 0.25) is 0 Å². The van der Waals surface area contributed by atoms with Gasteiger partial charge in [0.1, 0.15) is 14.4 Å². The highest BCUT2D eigenvalue weighted by atomic mass is 28.3. The molecule has 0 amide bonds. The lowest BCUT2D eigenvalue weighted by atomic mass is 10.2. The Balaban J connectivity index is 3.17. The number of aldehydes is 1. The Bertz CT molecular complexity index is 357. The normalized spacial score (nSPS) is 10.7. The SMILES string of the molecule is C=C[Si](C=C)(CC)c1ccc(C=O)cc1. The van der Waals surface area contributed by atoms with Crippen LogP contribution in [0.25, 0.3) is 0 Å². The average Bonchev–Trinajstić information content (AvgIpc) is 2.33. The molecule has 1 aromatic rings. The van der Waals surface area contributed by atoms with Gasteiger partial charge in [0.15, 0.2) is 0 Å². The largest absolute Gasteiger partial charge is 0.298 e. The highest BCUT2D eigenvalue weighted by Crippen LogP contribution is 2.12. The van der Waals surface area contributed by atoms with Crippen LogP contribution in [-0.4, -0.2) is 14.4 Å². The molecule has 0 saturated heterocycles. The Morgan fingerprint density at radius 1 is 1.20 bits per heavy atom. The smallest absolute Gasteiger partial charge is 0.150 e. The number of rotatable bonds is 5. The second-order valence-electron chi connectivity index (χ2n) is 3.54. The van der Waals surface area contributed by atoms with E-state index < -0.39 is 8.07 Å². The molecule has 78 valence electrons. The molecule has 15 heavy (non-hydrogen) atoms. The summed E-state index contributed by atoms with van der Waals surface area (Å²) in [7, 11) is -1.72. The maximum Gasteiger partial charge on any atom is 0.150 e. The van der Waals surface area contributed by atoms with E-state index >= 15 is 0 Å². The first-order chi connectivity index (χ1) is 7.22. The Kier molecular flexibility index (Phi) is 3.80. The van der Waals surface area contributed by atoms with E-state index in [1.165, 1.54) is 5.19 Å². The molecular formula is C13H16OSi. The van der Waals surface area contributed by atoms with Gasteiger partial charge in [-0.25, -0.2) is 0 Å². The summed E-state index contributed by atoms with van der Waals surface area (Å²) in [5, 5.41) is 1.26. The molecule has 0 N–H and O–H groups in total. The van der Waals surface area contributed by atoms with Gasteiger partial charge in [-0.3, -0.25) is 4.79 Å². The third-order valence-electron chi connectivity index (χ3n) is 2.90. The first-order valence-electron chi connectivity index (χ1n) is 5.05. The molecule has 0 fully saturated rings.